The van der Waals surface area contributed by atoms with Crippen LogP contribution in [0.3, 0.4) is 0 Å². The van der Waals surface area contributed by atoms with Crippen molar-refractivity contribution in [1.29, 1.82) is 0 Å². The summed E-state index contributed by atoms with van der Waals surface area (Å²) < 4.78 is 5.55. The molecular formula is C69H90N8O11. The average molecular weight is 1210 g/mol. The first-order valence-electron chi connectivity index (χ1n) is 30.0. The van der Waals surface area contributed by atoms with E-state index in [1.54, 1.807) is 49.3 Å². The van der Waals surface area contributed by atoms with Crippen molar-refractivity contribution in [1.82, 2.24) is 31.5 Å². The van der Waals surface area contributed by atoms with Gasteiger partial charge < -0.3 is 52.0 Å². The first kappa shape index (κ1) is 70.1. The van der Waals surface area contributed by atoms with E-state index in [2.05, 4.69) is 38.4 Å². The molecule has 0 saturated carbocycles. The molecule has 19 nitrogen and oxygen atoms in total. The van der Waals surface area contributed by atoms with E-state index in [1.165, 1.54) is 11.8 Å². The lowest BCUT2D eigenvalue weighted by Gasteiger charge is -2.40. The van der Waals surface area contributed by atoms with Crippen LogP contribution in [-0.4, -0.2) is 108 Å². The first-order chi connectivity index (χ1) is 41.4. The number of rotatable bonds is 29. The van der Waals surface area contributed by atoms with Crippen molar-refractivity contribution in [3.63, 3.8) is 0 Å². The van der Waals surface area contributed by atoms with Gasteiger partial charge in [0.25, 0.3) is 0 Å². The molecule has 1 aliphatic heterocycles. The minimum absolute atomic E-state index is 0.0524. The van der Waals surface area contributed by atoms with Gasteiger partial charge in [-0.2, -0.15) is 0 Å². The largest absolute Gasteiger partial charge is 0.478 e. The lowest BCUT2D eigenvalue weighted by atomic mass is 9.76. The summed E-state index contributed by atoms with van der Waals surface area (Å²) >= 11 is 0. The van der Waals surface area contributed by atoms with E-state index in [0.29, 0.717) is 28.8 Å². The van der Waals surface area contributed by atoms with E-state index in [4.69, 9.17) is 10.5 Å². The number of para-hydroxylation sites is 1. The number of ether oxygens (including phenoxy) is 1. The Labute approximate surface area is 518 Å². The topological polar surface area (TPSA) is 276 Å². The zero-order valence-corrected chi connectivity index (χ0v) is 53.4. The number of ketones is 2. The van der Waals surface area contributed by atoms with Crippen molar-refractivity contribution in [2.24, 2.45) is 28.9 Å². The number of carbonyl (C=O) groups is 9. The number of hydrogen-bond acceptors (Lipinski definition) is 11. The number of urea groups is 1. The van der Waals surface area contributed by atoms with Crippen LogP contribution in [0.15, 0.2) is 103 Å². The number of amides is 7. The maximum absolute atomic E-state index is 14.2. The average Bonchev–Trinajstić information content (AvgIpc) is 0.971. The molecule has 19 heteroatoms. The quantitative estimate of drug-likeness (QED) is 0.0154. The normalized spacial score (nSPS) is 14.0. The Balaban J connectivity index is 1.15. The van der Waals surface area contributed by atoms with Gasteiger partial charge in [-0.05, 0) is 103 Å². The molecule has 1 aliphatic rings. The fraction of sp³-hybridized carbons (Fsp3) is 0.464. The molecule has 4 aromatic rings. The van der Waals surface area contributed by atoms with Crippen LogP contribution >= 0.6 is 0 Å². The number of primary amides is 1. The number of aryl methyl sites for hydroxylation is 1. The number of nitrogens with two attached hydrogens (primary N) is 1. The van der Waals surface area contributed by atoms with Crippen LogP contribution in [0, 0.1) is 41.9 Å². The molecule has 1 heterocycles. The molecule has 0 bridgehead atoms. The Bertz CT molecular complexity index is 3280. The fourth-order valence-electron chi connectivity index (χ4n) is 10.7. The van der Waals surface area contributed by atoms with E-state index in [9.17, 15) is 48.3 Å². The smallest absolute Gasteiger partial charge is 0.407 e. The molecule has 0 spiro atoms. The number of benzene rings is 4. The van der Waals surface area contributed by atoms with Gasteiger partial charge in [0.15, 0.2) is 5.78 Å². The molecule has 0 saturated heterocycles. The standard InChI is InChI=1S/C69H90N8O11/c1-42(2)54(38-53(78)32-33-59(80)77-40-51-21-15-14-19-48(51)28-29-49-20-16-17-23-56(49)77)62(81)74-55(22-18-34-72-66(70)86)58(79)37-46-24-26-47(27-25-46)41-88-67(87)73-39-50-30-31-52(35-44(50)5)69(10,11)60(71-12)63(82)75-61(68(7,8)9)64(83)76(13)57(43(3)4)36-45(6)65(84)85/h14-17,19-21,23-27,30-31,35-36,42-43,54-55,57,60-61,71H,18,22,32-34,37-41H2,1-13H3,(H,73,87)(H,74,81)(H,75,82)(H,84,85)(H3,70,72,86)/b45-36+/t54-,55-,57+,60?,61+/m0/s1. The Morgan fingerprint density at radius 1 is 0.784 bits per heavy atom. The van der Waals surface area contributed by atoms with Crippen molar-refractivity contribution >= 4 is 59.0 Å². The highest BCUT2D eigenvalue weighted by Crippen LogP contribution is 2.32. The number of fused-ring (bicyclic) bond motifs is 2. The molecule has 7 amide bonds. The Morgan fingerprint density at radius 3 is 2.03 bits per heavy atom. The highest BCUT2D eigenvalue weighted by Gasteiger charge is 2.42. The Morgan fingerprint density at radius 2 is 1.42 bits per heavy atom. The van der Waals surface area contributed by atoms with Gasteiger partial charge in [-0.15, -0.1) is 0 Å². The van der Waals surface area contributed by atoms with Crippen molar-refractivity contribution in [2.75, 3.05) is 25.5 Å². The minimum Gasteiger partial charge on any atom is -0.478 e. The van der Waals surface area contributed by atoms with Gasteiger partial charge in [-0.3, -0.25) is 28.8 Å². The van der Waals surface area contributed by atoms with Crippen LogP contribution in [0.1, 0.15) is 146 Å². The van der Waals surface area contributed by atoms with E-state index >= 15 is 0 Å². The third-order valence-corrected chi connectivity index (χ3v) is 16.2. The molecule has 0 radical (unpaired) electrons. The highest BCUT2D eigenvalue weighted by molar-refractivity contribution is 5.98. The number of carboxylic acid groups (broad SMARTS) is 1. The lowest BCUT2D eigenvalue weighted by molar-refractivity contribution is -0.141. The molecule has 0 fully saturated rings. The van der Waals surface area contributed by atoms with E-state index in [0.717, 1.165) is 27.8 Å². The molecule has 4 aromatic carbocycles. The predicted octanol–water partition coefficient (Wildman–Crippen LogP) is 8.33. The van der Waals surface area contributed by atoms with E-state index in [1.807, 2.05) is 136 Å². The minimum atomic E-state index is -1.08. The number of aliphatic carboxylic acids is 1. The number of alkyl carbamates (subject to hydrolysis) is 1. The van der Waals surface area contributed by atoms with Gasteiger partial charge in [0.2, 0.25) is 23.6 Å². The van der Waals surface area contributed by atoms with Crippen molar-refractivity contribution in [3.8, 4) is 11.8 Å². The SMILES string of the molecule is CNC(C(=O)N[C@H](C(=O)N(C)[C@H](/C=C(\C)C(=O)O)C(C)C)C(C)(C)C)C(C)(C)c1ccc(CNC(=O)OCc2ccc(CC(=O)[C@H](CCCNC(N)=O)NC(=O)[C@@H](CC(=O)CCC(=O)N3Cc4ccccc4C#Cc4ccccc43)C(C)C)cc2)c(C)c1. The van der Waals surface area contributed by atoms with Crippen LogP contribution in [0.5, 0.6) is 0 Å². The summed E-state index contributed by atoms with van der Waals surface area (Å²) in [6.45, 7) is 20.8. The number of nitrogens with zero attached hydrogens (tertiary/aromatic N) is 2. The highest BCUT2D eigenvalue weighted by atomic mass is 16.5. The number of carbonyl (C=O) groups excluding carboxylic acids is 8. The zero-order valence-electron chi connectivity index (χ0n) is 53.4. The lowest BCUT2D eigenvalue weighted by Crippen LogP contribution is -2.61. The van der Waals surface area contributed by atoms with Crippen LogP contribution in [-0.2, 0) is 69.8 Å². The summed E-state index contributed by atoms with van der Waals surface area (Å²) in [5, 5.41) is 24.0. The van der Waals surface area contributed by atoms with E-state index < -0.39 is 64.9 Å². The zero-order chi connectivity index (χ0) is 65.2. The second kappa shape index (κ2) is 31.8. The van der Waals surface area contributed by atoms with Gasteiger partial charge >= 0.3 is 18.1 Å². The summed E-state index contributed by atoms with van der Waals surface area (Å²) in [4.78, 5) is 123. The van der Waals surface area contributed by atoms with E-state index in [-0.39, 0.29) is 105 Å². The molecule has 5 atom stereocenters. The Hall–Kier alpha value is -8.63. The van der Waals surface area contributed by atoms with Gasteiger partial charge in [-0.1, -0.05) is 153 Å². The molecule has 0 aromatic heterocycles. The van der Waals surface area contributed by atoms with Gasteiger partial charge in [0.05, 0.1) is 30.4 Å². The van der Waals surface area contributed by atoms with Gasteiger partial charge in [0, 0.05) is 73.9 Å². The van der Waals surface area contributed by atoms with Gasteiger partial charge in [-0.25, -0.2) is 14.4 Å². The van der Waals surface area contributed by atoms with Gasteiger partial charge in [0.1, 0.15) is 18.4 Å². The second-order valence-electron chi connectivity index (χ2n) is 25.1. The molecule has 8 N–H and O–H groups in total. The molecule has 0 aliphatic carbocycles. The van der Waals surface area contributed by atoms with Crippen LogP contribution < -0.4 is 37.2 Å². The molecule has 88 heavy (non-hydrogen) atoms. The maximum atomic E-state index is 14.2. The van der Waals surface area contributed by atoms with Crippen LogP contribution in [0.25, 0.3) is 0 Å². The summed E-state index contributed by atoms with van der Waals surface area (Å²) in [6, 6.07) is 23.8. The number of nitrogens with one attached hydrogen (secondary N) is 5. The maximum Gasteiger partial charge on any atom is 0.407 e. The number of likely N-dealkylation sites (N-methyl/N-ethyl adjacent to an activating group) is 2. The first-order valence-corrected chi connectivity index (χ1v) is 30.0. The second-order valence-corrected chi connectivity index (χ2v) is 25.1. The number of hydrogen-bond donors (Lipinski definition) is 7. The van der Waals surface area contributed by atoms with Crippen molar-refractivity contribution in [3.05, 3.63) is 147 Å². The molecule has 1 unspecified atom stereocenters. The summed E-state index contributed by atoms with van der Waals surface area (Å²) in [5.74, 6) is 2.10. The van der Waals surface area contributed by atoms with Crippen molar-refractivity contribution < 1.29 is 53.0 Å². The summed E-state index contributed by atoms with van der Waals surface area (Å²) in [6.07, 6.45) is 1.06. The summed E-state index contributed by atoms with van der Waals surface area (Å²) in [7, 11) is 3.30. The van der Waals surface area contributed by atoms with Crippen molar-refractivity contribution in [2.45, 2.75) is 164 Å². The molecule has 472 valence electrons. The number of carboxylic acids is 1. The van der Waals surface area contributed by atoms with Crippen LogP contribution in [0.2, 0.25) is 0 Å². The number of Topliss-reactive ketones (excluding diaryl/α,β-unsaturated/α-hetero) is 2. The monoisotopic (exact) mass is 1210 g/mol. The predicted molar refractivity (Wildman–Crippen MR) is 339 cm³/mol. The third kappa shape index (κ3) is 19.7. The fourth-order valence-corrected chi connectivity index (χ4v) is 10.7. The Kier molecular flexibility index (Phi) is 25.4. The summed E-state index contributed by atoms with van der Waals surface area (Å²) in [5.41, 5.74) is 10.8. The van der Waals surface area contributed by atoms with Crippen LogP contribution in [0.4, 0.5) is 15.3 Å². The molecular weight excluding hydrogens is 1120 g/mol. The third-order valence-electron chi connectivity index (χ3n) is 16.2. The number of anilines is 1. The molecule has 5 rings (SSSR count).